The smallest absolute Gasteiger partial charge is 0.307 e. The maximum Gasteiger partial charge on any atom is 0.307 e. The number of rotatable bonds is 9. The molecule has 0 saturated carbocycles. The van der Waals surface area contributed by atoms with E-state index in [2.05, 4.69) is 10.1 Å². The van der Waals surface area contributed by atoms with Crippen molar-refractivity contribution in [3.05, 3.63) is 29.3 Å². The molecule has 0 aliphatic carbocycles. The van der Waals surface area contributed by atoms with Gasteiger partial charge in [-0.2, -0.15) is 0 Å². The lowest BCUT2D eigenvalue weighted by atomic mass is 10.3. The molecule has 24 heavy (non-hydrogen) atoms. The molecule has 2 amide bonds. The van der Waals surface area contributed by atoms with Crippen LogP contribution in [0.2, 0.25) is 5.02 Å². The van der Waals surface area contributed by atoms with Gasteiger partial charge in [-0.1, -0.05) is 23.7 Å². The molecule has 0 aliphatic heterocycles. The Kier molecular flexibility index (Phi) is 8.64. The number of nitrogens with zero attached hydrogens (tertiary/aromatic N) is 1. The molecule has 0 radical (unpaired) electrons. The molecule has 7 nitrogen and oxygen atoms in total. The van der Waals surface area contributed by atoms with Gasteiger partial charge in [0.2, 0.25) is 5.91 Å². The van der Waals surface area contributed by atoms with Crippen molar-refractivity contribution < 1.29 is 23.9 Å². The number of halogens is 1. The first-order chi connectivity index (χ1) is 11.4. The summed E-state index contributed by atoms with van der Waals surface area (Å²) in [6, 6.07) is 6.82. The molecule has 0 atom stereocenters. The fourth-order valence-electron chi connectivity index (χ4n) is 1.85. The van der Waals surface area contributed by atoms with E-state index in [1.54, 1.807) is 24.3 Å². The number of hydrogen-bond donors (Lipinski definition) is 1. The predicted molar refractivity (Wildman–Crippen MR) is 88.8 cm³/mol. The van der Waals surface area contributed by atoms with Gasteiger partial charge in [0.25, 0.3) is 5.91 Å². The molecule has 0 saturated heterocycles. The molecule has 0 fully saturated rings. The molecule has 1 N–H and O–H groups in total. The van der Waals surface area contributed by atoms with Crippen LogP contribution in [0.15, 0.2) is 24.3 Å². The van der Waals surface area contributed by atoms with Gasteiger partial charge in [-0.3, -0.25) is 14.4 Å². The molecule has 0 heterocycles. The minimum absolute atomic E-state index is 0.0639. The van der Waals surface area contributed by atoms with Gasteiger partial charge in [-0.05, 0) is 12.1 Å². The van der Waals surface area contributed by atoms with E-state index in [9.17, 15) is 14.4 Å². The number of esters is 1. The van der Waals surface area contributed by atoms with Crippen molar-refractivity contribution in [1.82, 2.24) is 10.2 Å². The van der Waals surface area contributed by atoms with Gasteiger partial charge in [-0.25, -0.2) is 0 Å². The van der Waals surface area contributed by atoms with Gasteiger partial charge in [-0.15, -0.1) is 0 Å². The molecule has 8 heteroatoms. The molecule has 0 unspecified atom stereocenters. The Morgan fingerprint density at radius 3 is 2.54 bits per heavy atom. The zero-order chi connectivity index (χ0) is 17.9. The average molecular weight is 357 g/mol. The van der Waals surface area contributed by atoms with Crippen LogP contribution in [0.25, 0.3) is 0 Å². The second-order valence-corrected chi connectivity index (χ2v) is 5.32. The van der Waals surface area contributed by atoms with Crippen LogP contribution in [0, 0.1) is 0 Å². The summed E-state index contributed by atoms with van der Waals surface area (Å²) in [5.41, 5.74) is 0. The summed E-state index contributed by atoms with van der Waals surface area (Å²) in [6.45, 7) is 1.90. The van der Waals surface area contributed by atoms with Gasteiger partial charge in [0.15, 0.2) is 6.61 Å². The Labute approximate surface area is 145 Å². The normalized spacial score (nSPS) is 9.96. The fourth-order valence-corrected chi connectivity index (χ4v) is 2.04. The van der Waals surface area contributed by atoms with Crippen LogP contribution in [-0.2, 0) is 19.1 Å². The highest BCUT2D eigenvalue weighted by molar-refractivity contribution is 6.32. The zero-order valence-corrected chi connectivity index (χ0v) is 14.5. The Hall–Kier alpha value is -2.28. The highest BCUT2D eigenvalue weighted by atomic mass is 35.5. The Bertz CT molecular complexity index is 579. The summed E-state index contributed by atoms with van der Waals surface area (Å²) < 4.78 is 9.99. The number of methoxy groups -OCH3 is 1. The van der Waals surface area contributed by atoms with Crippen molar-refractivity contribution in [3.63, 3.8) is 0 Å². The third kappa shape index (κ3) is 7.32. The SMILES string of the molecule is COC(=O)CCN(CCNC(C)=O)C(=O)COc1ccccc1Cl. The van der Waals surface area contributed by atoms with Gasteiger partial charge >= 0.3 is 5.97 Å². The quantitative estimate of drug-likeness (QED) is 0.673. The highest BCUT2D eigenvalue weighted by Crippen LogP contribution is 2.22. The molecular formula is C16H21ClN2O5. The number of ether oxygens (including phenoxy) is 2. The average Bonchev–Trinajstić information content (AvgIpc) is 2.56. The van der Waals surface area contributed by atoms with E-state index in [4.69, 9.17) is 16.3 Å². The van der Waals surface area contributed by atoms with E-state index in [-0.39, 0.29) is 44.5 Å². The van der Waals surface area contributed by atoms with Gasteiger partial charge in [0.1, 0.15) is 5.75 Å². The maximum atomic E-state index is 12.3. The monoisotopic (exact) mass is 356 g/mol. The summed E-state index contributed by atoms with van der Waals surface area (Å²) in [6.07, 6.45) is 0.0639. The molecule has 1 aromatic carbocycles. The first-order valence-electron chi connectivity index (χ1n) is 7.40. The van der Waals surface area contributed by atoms with Crippen LogP contribution in [0.4, 0.5) is 0 Å². The van der Waals surface area contributed by atoms with Crippen molar-refractivity contribution >= 4 is 29.4 Å². The lowest BCUT2D eigenvalue weighted by Crippen LogP contribution is -2.41. The number of carbonyl (C=O) groups excluding carboxylic acids is 3. The summed E-state index contributed by atoms with van der Waals surface area (Å²) in [5, 5.41) is 3.01. The lowest BCUT2D eigenvalue weighted by Gasteiger charge is -2.22. The van der Waals surface area contributed by atoms with Gasteiger partial charge < -0.3 is 19.7 Å². The third-order valence-electron chi connectivity index (χ3n) is 3.11. The van der Waals surface area contributed by atoms with E-state index in [1.807, 2.05) is 0 Å². The van der Waals surface area contributed by atoms with E-state index < -0.39 is 5.97 Å². The second kappa shape index (κ2) is 10.5. The number of benzene rings is 1. The van der Waals surface area contributed by atoms with Crippen LogP contribution in [-0.4, -0.2) is 56.0 Å². The number of hydrogen-bond acceptors (Lipinski definition) is 5. The Balaban J connectivity index is 2.58. The molecule has 1 aromatic rings. The van der Waals surface area contributed by atoms with Crippen molar-refractivity contribution in [3.8, 4) is 5.75 Å². The third-order valence-corrected chi connectivity index (χ3v) is 3.42. The minimum Gasteiger partial charge on any atom is -0.482 e. The topological polar surface area (TPSA) is 84.9 Å². The van der Waals surface area contributed by atoms with Crippen molar-refractivity contribution in [2.75, 3.05) is 33.4 Å². The standard InChI is InChI=1S/C16H21ClN2O5/c1-12(20)18-8-10-19(9-7-16(22)23-2)15(21)11-24-14-6-4-3-5-13(14)17/h3-6H,7-11H2,1-2H3,(H,18,20). The number of amides is 2. The first kappa shape index (κ1) is 19.8. The highest BCUT2D eigenvalue weighted by Gasteiger charge is 2.16. The molecule has 0 aliphatic rings. The van der Waals surface area contributed by atoms with E-state index in [1.165, 1.54) is 18.9 Å². The number of para-hydroxylation sites is 1. The summed E-state index contributed by atoms with van der Waals surface area (Å²) in [7, 11) is 1.28. The molecular weight excluding hydrogens is 336 g/mol. The van der Waals surface area contributed by atoms with Crippen LogP contribution >= 0.6 is 11.6 Å². The van der Waals surface area contributed by atoms with Crippen molar-refractivity contribution in [1.29, 1.82) is 0 Å². The van der Waals surface area contributed by atoms with Crippen LogP contribution in [0.5, 0.6) is 5.75 Å². The molecule has 0 spiro atoms. The predicted octanol–water partition coefficient (Wildman–Crippen LogP) is 1.25. The largest absolute Gasteiger partial charge is 0.482 e. The summed E-state index contributed by atoms with van der Waals surface area (Å²) >= 11 is 5.97. The van der Waals surface area contributed by atoms with E-state index in [0.29, 0.717) is 10.8 Å². The first-order valence-corrected chi connectivity index (χ1v) is 7.78. The van der Waals surface area contributed by atoms with E-state index >= 15 is 0 Å². The second-order valence-electron chi connectivity index (χ2n) is 4.91. The van der Waals surface area contributed by atoms with Crippen LogP contribution < -0.4 is 10.1 Å². The van der Waals surface area contributed by atoms with Crippen molar-refractivity contribution in [2.45, 2.75) is 13.3 Å². The fraction of sp³-hybridized carbons (Fsp3) is 0.438. The number of nitrogens with one attached hydrogen (secondary N) is 1. The molecule has 0 bridgehead atoms. The van der Waals surface area contributed by atoms with Gasteiger partial charge in [0.05, 0.1) is 18.6 Å². The number of carbonyl (C=O) groups is 3. The zero-order valence-electron chi connectivity index (χ0n) is 13.7. The molecule has 1 rings (SSSR count). The van der Waals surface area contributed by atoms with E-state index in [0.717, 1.165) is 0 Å². The lowest BCUT2D eigenvalue weighted by molar-refractivity contribution is -0.142. The summed E-state index contributed by atoms with van der Waals surface area (Å²) in [4.78, 5) is 35.9. The molecule has 132 valence electrons. The van der Waals surface area contributed by atoms with Crippen LogP contribution in [0.3, 0.4) is 0 Å². The maximum absolute atomic E-state index is 12.3. The summed E-state index contributed by atoms with van der Waals surface area (Å²) in [5.74, 6) is -0.520. The Morgan fingerprint density at radius 2 is 1.92 bits per heavy atom. The molecule has 0 aromatic heterocycles. The Morgan fingerprint density at radius 1 is 1.21 bits per heavy atom. The van der Waals surface area contributed by atoms with Crippen LogP contribution in [0.1, 0.15) is 13.3 Å². The van der Waals surface area contributed by atoms with Gasteiger partial charge in [0, 0.05) is 26.6 Å². The van der Waals surface area contributed by atoms with Crippen molar-refractivity contribution in [2.24, 2.45) is 0 Å². The minimum atomic E-state index is -0.417.